The molecule has 4 aliphatic rings. The van der Waals surface area contributed by atoms with E-state index in [2.05, 4.69) is 38.0 Å². The molecule has 2 aliphatic heterocycles. The van der Waals surface area contributed by atoms with Gasteiger partial charge in [-0.2, -0.15) is 0 Å². The van der Waals surface area contributed by atoms with Crippen LogP contribution in [0, 0.1) is 17.3 Å². The van der Waals surface area contributed by atoms with E-state index in [0.29, 0.717) is 11.8 Å². The summed E-state index contributed by atoms with van der Waals surface area (Å²) in [6, 6.07) is 0. The van der Waals surface area contributed by atoms with E-state index in [0.717, 1.165) is 25.7 Å². The third kappa shape index (κ3) is 1.25. The maximum atomic E-state index is 5.69. The van der Waals surface area contributed by atoms with Crippen LogP contribution in [0.5, 0.6) is 0 Å². The fourth-order valence-electron chi connectivity index (χ4n) is 4.61. The summed E-state index contributed by atoms with van der Waals surface area (Å²) >= 11 is 0. The molecule has 4 nitrogen and oxygen atoms in total. The van der Waals surface area contributed by atoms with Crippen LogP contribution in [0.1, 0.15) is 53.4 Å². The molecule has 0 unspecified atom stereocenters. The Morgan fingerprint density at radius 3 is 1.68 bits per heavy atom. The van der Waals surface area contributed by atoms with E-state index in [1.54, 1.807) is 0 Å². The number of hydrogen-bond acceptors (Lipinski definition) is 4. The van der Waals surface area contributed by atoms with Gasteiger partial charge in [-0.05, 0) is 53.4 Å². The number of nitrogens with zero attached hydrogens (tertiary/aromatic N) is 2. The van der Waals surface area contributed by atoms with Crippen LogP contribution >= 0.6 is 0 Å². The van der Waals surface area contributed by atoms with Crippen LogP contribution in [0.3, 0.4) is 0 Å². The fraction of sp³-hybridized carbons (Fsp3) is 0.867. The Labute approximate surface area is 114 Å². The molecule has 0 N–H and O–H groups in total. The molecule has 19 heavy (non-hydrogen) atoms. The van der Waals surface area contributed by atoms with E-state index in [4.69, 9.17) is 9.68 Å². The average molecular weight is 262 g/mol. The second-order valence-electron chi connectivity index (χ2n) is 7.61. The van der Waals surface area contributed by atoms with Gasteiger partial charge in [0.25, 0.3) is 0 Å². The van der Waals surface area contributed by atoms with Crippen LogP contribution in [0.15, 0.2) is 10.3 Å². The molecule has 4 rings (SSSR count). The lowest BCUT2D eigenvalue weighted by Crippen LogP contribution is -2.38. The van der Waals surface area contributed by atoms with Crippen LogP contribution in [-0.4, -0.2) is 22.6 Å². The Bertz CT molecular complexity index is 458. The standard InChI is InChI=1S/C15H22N2O2/c1-13(2)9-5-7-15(11(9)16-18-13)8-6-10-12(15)17-19-14(10,3)4/h9-10H,5-8H2,1-4H3/t9-,10-,15?/m0/s1. The SMILES string of the molecule is CC1(C)ON=C2[C@@H]1CCC21CC[C@H]2C1=NOC2(C)C. The van der Waals surface area contributed by atoms with Gasteiger partial charge in [-0.15, -0.1) is 0 Å². The van der Waals surface area contributed by atoms with Crippen molar-refractivity contribution in [1.82, 2.24) is 0 Å². The summed E-state index contributed by atoms with van der Waals surface area (Å²) in [7, 11) is 0. The summed E-state index contributed by atoms with van der Waals surface area (Å²) in [5, 5.41) is 8.95. The molecule has 0 bridgehead atoms. The zero-order chi connectivity index (χ0) is 13.5. The number of rotatable bonds is 0. The predicted molar refractivity (Wildman–Crippen MR) is 73.1 cm³/mol. The molecule has 2 saturated carbocycles. The van der Waals surface area contributed by atoms with Crippen molar-refractivity contribution in [2.45, 2.75) is 64.6 Å². The van der Waals surface area contributed by atoms with Gasteiger partial charge in [0.2, 0.25) is 0 Å². The average Bonchev–Trinajstić information content (AvgIpc) is 3.00. The van der Waals surface area contributed by atoms with E-state index in [-0.39, 0.29) is 16.6 Å². The van der Waals surface area contributed by atoms with E-state index in [1.807, 2.05) is 0 Å². The number of fused-ring (bicyclic) bond motifs is 4. The lowest BCUT2D eigenvalue weighted by atomic mass is 9.76. The Balaban J connectivity index is 1.75. The first-order valence-corrected chi connectivity index (χ1v) is 7.40. The van der Waals surface area contributed by atoms with Gasteiger partial charge < -0.3 is 9.68 Å². The zero-order valence-corrected chi connectivity index (χ0v) is 12.2. The summed E-state index contributed by atoms with van der Waals surface area (Å²) in [6.45, 7) is 8.60. The van der Waals surface area contributed by atoms with Gasteiger partial charge >= 0.3 is 0 Å². The Hall–Kier alpha value is -1.06. The minimum atomic E-state index is -0.146. The first-order chi connectivity index (χ1) is 8.87. The van der Waals surface area contributed by atoms with Crippen molar-refractivity contribution in [3.63, 3.8) is 0 Å². The Morgan fingerprint density at radius 1 is 0.842 bits per heavy atom. The van der Waals surface area contributed by atoms with E-state index in [1.165, 1.54) is 11.4 Å². The monoisotopic (exact) mass is 262 g/mol. The molecule has 0 aromatic rings. The predicted octanol–water partition coefficient (Wildman–Crippen LogP) is 3.12. The fourth-order valence-corrected chi connectivity index (χ4v) is 4.61. The van der Waals surface area contributed by atoms with Crippen LogP contribution in [0.2, 0.25) is 0 Å². The van der Waals surface area contributed by atoms with Crippen molar-refractivity contribution >= 4 is 11.4 Å². The van der Waals surface area contributed by atoms with Gasteiger partial charge in [0, 0.05) is 11.8 Å². The van der Waals surface area contributed by atoms with Gasteiger partial charge in [-0.3, -0.25) is 0 Å². The highest BCUT2D eigenvalue weighted by molar-refractivity contribution is 6.17. The topological polar surface area (TPSA) is 43.2 Å². The normalized spacial score (nSPS) is 39.4. The molecule has 104 valence electrons. The molecule has 0 amide bonds. The van der Waals surface area contributed by atoms with Gasteiger partial charge in [-0.1, -0.05) is 10.3 Å². The van der Waals surface area contributed by atoms with Crippen molar-refractivity contribution in [3.05, 3.63) is 0 Å². The number of hydrogen-bond donors (Lipinski definition) is 0. The first-order valence-electron chi connectivity index (χ1n) is 7.40. The molecule has 2 fully saturated rings. The Morgan fingerprint density at radius 2 is 1.26 bits per heavy atom. The molecule has 0 radical (unpaired) electrons. The lowest BCUT2D eigenvalue weighted by Gasteiger charge is -2.24. The smallest absolute Gasteiger partial charge is 0.140 e. The summed E-state index contributed by atoms with van der Waals surface area (Å²) in [5.74, 6) is 0.912. The maximum Gasteiger partial charge on any atom is 0.140 e. The van der Waals surface area contributed by atoms with Crippen molar-refractivity contribution < 1.29 is 9.68 Å². The summed E-state index contributed by atoms with van der Waals surface area (Å²) in [5.41, 5.74) is 2.26. The quantitative estimate of drug-likeness (QED) is 0.673. The van der Waals surface area contributed by atoms with Crippen LogP contribution < -0.4 is 0 Å². The molecule has 2 heterocycles. The molecular weight excluding hydrogens is 240 g/mol. The highest BCUT2D eigenvalue weighted by atomic mass is 16.7. The Kier molecular flexibility index (Phi) is 1.95. The second-order valence-corrected chi connectivity index (χ2v) is 7.61. The first kappa shape index (κ1) is 11.7. The summed E-state index contributed by atoms with van der Waals surface area (Å²) < 4.78 is 0. The highest BCUT2D eigenvalue weighted by Crippen LogP contribution is 2.59. The van der Waals surface area contributed by atoms with Gasteiger partial charge in [-0.25, -0.2) is 0 Å². The highest BCUT2D eigenvalue weighted by Gasteiger charge is 2.64. The molecule has 0 aromatic heterocycles. The lowest BCUT2D eigenvalue weighted by molar-refractivity contribution is -0.0172. The van der Waals surface area contributed by atoms with Crippen molar-refractivity contribution in [2.75, 3.05) is 0 Å². The van der Waals surface area contributed by atoms with Crippen LogP contribution in [0.25, 0.3) is 0 Å². The minimum absolute atomic E-state index is 0.0525. The van der Waals surface area contributed by atoms with Crippen molar-refractivity contribution in [3.8, 4) is 0 Å². The van der Waals surface area contributed by atoms with Gasteiger partial charge in [0.05, 0.1) is 16.8 Å². The molecule has 1 spiro atoms. The molecule has 0 saturated heterocycles. The third-order valence-electron chi connectivity index (χ3n) is 5.80. The molecule has 2 atom stereocenters. The van der Waals surface area contributed by atoms with E-state index in [9.17, 15) is 0 Å². The molecule has 0 aromatic carbocycles. The third-order valence-corrected chi connectivity index (χ3v) is 5.80. The van der Waals surface area contributed by atoms with E-state index >= 15 is 0 Å². The van der Waals surface area contributed by atoms with Crippen LogP contribution in [0.4, 0.5) is 0 Å². The van der Waals surface area contributed by atoms with Crippen molar-refractivity contribution in [2.24, 2.45) is 27.6 Å². The zero-order valence-electron chi connectivity index (χ0n) is 12.2. The molecular formula is C15H22N2O2. The largest absolute Gasteiger partial charge is 0.389 e. The van der Waals surface area contributed by atoms with Gasteiger partial charge in [0.15, 0.2) is 0 Å². The van der Waals surface area contributed by atoms with Crippen LogP contribution in [-0.2, 0) is 9.68 Å². The maximum absolute atomic E-state index is 5.69. The molecule has 4 heteroatoms. The molecule has 2 aliphatic carbocycles. The van der Waals surface area contributed by atoms with Crippen molar-refractivity contribution in [1.29, 1.82) is 0 Å². The summed E-state index contributed by atoms with van der Waals surface area (Å²) in [6.07, 6.45) is 4.66. The van der Waals surface area contributed by atoms with E-state index < -0.39 is 0 Å². The summed E-state index contributed by atoms with van der Waals surface area (Å²) in [4.78, 5) is 11.4. The van der Waals surface area contributed by atoms with Gasteiger partial charge in [0.1, 0.15) is 11.2 Å². The number of oxime groups is 2. The second kappa shape index (κ2) is 3.15. The minimum Gasteiger partial charge on any atom is -0.389 e.